The van der Waals surface area contributed by atoms with Gasteiger partial charge in [-0.15, -0.1) is 0 Å². The average molecular weight is 1050 g/mol. The van der Waals surface area contributed by atoms with Crippen LogP contribution in [0, 0.1) is 26.3 Å². The first-order valence-electron chi connectivity index (χ1n) is 29.3. The van der Waals surface area contributed by atoms with E-state index in [0.717, 1.165) is 122 Å². The molecule has 0 aromatic rings. The minimum absolute atomic E-state index is 0.00534. The summed E-state index contributed by atoms with van der Waals surface area (Å²) in [5.74, 6) is 0. The van der Waals surface area contributed by atoms with Crippen molar-refractivity contribution in [3.8, 4) is 0 Å². The molecule has 0 aromatic carbocycles. The van der Waals surface area contributed by atoms with Crippen LogP contribution in [-0.4, -0.2) is 156 Å². The third-order valence-corrected chi connectivity index (χ3v) is 17.8. The summed E-state index contributed by atoms with van der Waals surface area (Å²) in [6, 6.07) is 0.0886. The highest BCUT2D eigenvalue weighted by molar-refractivity contribution is 5.08. The molecule has 0 aromatic heterocycles. The Morgan fingerprint density at radius 2 is 0.933 bits per heavy atom. The van der Waals surface area contributed by atoms with E-state index in [0.29, 0.717) is 19.1 Å². The summed E-state index contributed by atoms with van der Waals surface area (Å²) in [5.41, 5.74) is -1.36. The first-order valence-corrected chi connectivity index (χ1v) is 29.3. The number of fused-ring (bicyclic) bond motifs is 4. The lowest BCUT2D eigenvalue weighted by atomic mass is 9.83. The van der Waals surface area contributed by atoms with Crippen molar-refractivity contribution in [1.82, 2.24) is 0 Å². The summed E-state index contributed by atoms with van der Waals surface area (Å²) in [6.07, 6.45) is 26.2. The predicted molar refractivity (Wildman–Crippen MR) is 288 cm³/mol. The van der Waals surface area contributed by atoms with Crippen molar-refractivity contribution in [3.05, 3.63) is 57.8 Å². The van der Waals surface area contributed by atoms with Crippen LogP contribution in [0.3, 0.4) is 0 Å². The molecule has 0 aliphatic carbocycles. The van der Waals surface area contributed by atoms with Gasteiger partial charge in [0.25, 0.3) is 0 Å². The van der Waals surface area contributed by atoms with Crippen LogP contribution in [0.15, 0.2) is 12.2 Å². The molecular weight excluding hydrogens is 953 g/mol. The number of ether oxygens (including phenoxy) is 9. The molecule has 15 heteroatoms. The van der Waals surface area contributed by atoms with E-state index in [-0.39, 0.29) is 122 Å². The van der Waals surface area contributed by atoms with Crippen molar-refractivity contribution in [1.29, 1.82) is 0 Å². The van der Waals surface area contributed by atoms with Crippen LogP contribution in [0.5, 0.6) is 0 Å². The van der Waals surface area contributed by atoms with Crippen LogP contribution >= 0.6 is 0 Å². The van der Waals surface area contributed by atoms with Crippen molar-refractivity contribution in [3.63, 3.8) is 0 Å². The summed E-state index contributed by atoms with van der Waals surface area (Å²) >= 11 is 0. The van der Waals surface area contributed by atoms with Gasteiger partial charge in [0.1, 0.15) is 16.8 Å². The van der Waals surface area contributed by atoms with Crippen LogP contribution in [0.4, 0.5) is 0 Å². The summed E-state index contributed by atoms with van der Waals surface area (Å²) in [7, 11) is 0. The highest BCUT2D eigenvalue weighted by Crippen LogP contribution is 2.49. The van der Waals surface area contributed by atoms with E-state index in [1.54, 1.807) is 0 Å². The molecule has 2 bridgehead atoms. The smallest absolute Gasteiger partial charge is 0.223 e. The van der Waals surface area contributed by atoms with Gasteiger partial charge in [-0.1, -0.05) is 45.8 Å². The van der Waals surface area contributed by atoms with Crippen LogP contribution in [0.25, 0.3) is 19.4 Å². The number of hydrogen-bond donors (Lipinski definition) is 2. The summed E-state index contributed by atoms with van der Waals surface area (Å²) in [4.78, 5) is 14.2. The minimum Gasteiger partial charge on any atom is -0.393 e. The van der Waals surface area contributed by atoms with Gasteiger partial charge in [0.2, 0.25) is 24.2 Å². The molecule has 15 nitrogen and oxygen atoms in total. The normalized spacial score (nSPS) is 41.8. The topological polar surface area (TPSA) is 141 Å². The third-order valence-electron chi connectivity index (χ3n) is 17.8. The van der Waals surface area contributed by atoms with E-state index in [1.807, 2.05) is 46.8 Å². The quantitative estimate of drug-likeness (QED) is 0.113. The fourth-order valence-electron chi connectivity index (χ4n) is 13.7. The maximum atomic E-state index is 9.78. The van der Waals surface area contributed by atoms with E-state index in [1.165, 1.54) is 6.42 Å². The lowest BCUT2D eigenvalue weighted by Crippen LogP contribution is -2.53. The minimum atomic E-state index is -0.561. The highest BCUT2D eigenvalue weighted by atomic mass is 16.6. The van der Waals surface area contributed by atoms with Gasteiger partial charge in [-0.25, -0.2) is 26.3 Å². The van der Waals surface area contributed by atoms with Crippen LogP contribution in [-0.2, 0) is 42.6 Å². The van der Waals surface area contributed by atoms with Gasteiger partial charge in [-0.2, -0.15) is 0 Å². The molecule has 75 heavy (non-hydrogen) atoms. The van der Waals surface area contributed by atoms with Gasteiger partial charge in [-0.05, 0) is 84.5 Å². The zero-order chi connectivity index (χ0) is 54.4. The van der Waals surface area contributed by atoms with Crippen molar-refractivity contribution < 1.29 is 52.8 Å². The lowest BCUT2D eigenvalue weighted by molar-refractivity contribution is -0.190. The van der Waals surface area contributed by atoms with Crippen LogP contribution in [0.2, 0.25) is 0 Å². The SMILES string of the molecule is [C-]#[N+][C@H](C)C[C@H]1CC[C@@H]2O[C@@H](/C=C/C)C[C@]2(CO)O1.[C-]#[N+][C@H](C)C[C@H]1CC[C@@H]2O[C@@H](CCC)C[C@]2(CC)O1.[C-]#[N+][C@H](C)C[C@H]1CC[C@@H]2O[C@@H](CCC)C[C@]2(CO)O1.[C-]#[N+][C@H](C)C[C@H]1CC[C@@H]2O[C@@H]3C[C@]2(CO[C@H]3C)O1. The Hall–Kier alpha value is -2.74. The van der Waals surface area contributed by atoms with Crippen LogP contribution < -0.4 is 0 Å². The number of allylic oxidation sites excluding steroid dienone is 1. The molecular formula is C60H96N4O11. The van der Waals surface area contributed by atoms with Gasteiger partial charge in [0.05, 0.1) is 105 Å². The van der Waals surface area contributed by atoms with E-state index in [2.05, 4.69) is 47.1 Å². The van der Waals surface area contributed by atoms with E-state index < -0.39 is 11.2 Å². The monoisotopic (exact) mass is 1050 g/mol. The Labute approximate surface area is 452 Å². The van der Waals surface area contributed by atoms with Crippen molar-refractivity contribution in [2.24, 2.45) is 0 Å². The van der Waals surface area contributed by atoms with Crippen molar-refractivity contribution in [2.45, 2.75) is 323 Å². The molecule has 0 unspecified atom stereocenters. The lowest BCUT2D eigenvalue weighted by Gasteiger charge is -2.43. The van der Waals surface area contributed by atoms with E-state index in [9.17, 15) is 10.2 Å². The van der Waals surface area contributed by atoms with Crippen LogP contribution in [0.1, 0.15) is 197 Å². The maximum absolute atomic E-state index is 9.78. The Kier molecular flexibility index (Phi) is 23.3. The molecule has 422 valence electrons. The molecule has 9 heterocycles. The molecule has 9 fully saturated rings. The number of hydrogen-bond acceptors (Lipinski definition) is 11. The summed E-state index contributed by atoms with van der Waals surface area (Å²) < 4.78 is 55.1. The average Bonchev–Trinajstić information content (AvgIpc) is 4.17. The van der Waals surface area contributed by atoms with Crippen molar-refractivity contribution in [2.75, 3.05) is 19.8 Å². The number of aliphatic hydroxyl groups excluding tert-OH is 2. The third kappa shape index (κ3) is 15.3. The molecule has 9 aliphatic heterocycles. The molecule has 0 saturated carbocycles. The molecule has 9 aliphatic rings. The number of nitrogens with zero attached hydrogens (tertiary/aromatic N) is 4. The molecule has 0 amide bonds. The molecule has 21 atom stereocenters. The highest BCUT2D eigenvalue weighted by Gasteiger charge is 2.58. The second-order valence-corrected chi connectivity index (χ2v) is 23.8. The molecule has 9 saturated heterocycles. The Morgan fingerprint density at radius 1 is 0.520 bits per heavy atom. The first kappa shape index (κ1) is 61.5. The zero-order valence-electron chi connectivity index (χ0n) is 47.3. The van der Waals surface area contributed by atoms with E-state index >= 15 is 0 Å². The number of rotatable bonds is 16. The van der Waals surface area contributed by atoms with Crippen molar-refractivity contribution >= 4 is 0 Å². The molecule has 9 rings (SSSR count). The summed E-state index contributed by atoms with van der Waals surface area (Å²) in [5, 5.41) is 19.5. The first-order chi connectivity index (χ1) is 36.0. The molecule has 2 N–H and O–H groups in total. The number of aliphatic hydroxyl groups is 2. The Morgan fingerprint density at radius 3 is 1.37 bits per heavy atom. The molecule has 0 radical (unpaired) electrons. The van der Waals surface area contributed by atoms with Gasteiger partial charge in [0.15, 0.2) is 0 Å². The second-order valence-electron chi connectivity index (χ2n) is 23.8. The van der Waals surface area contributed by atoms with Gasteiger partial charge in [0, 0.05) is 79.1 Å². The van der Waals surface area contributed by atoms with Gasteiger partial charge >= 0.3 is 0 Å². The van der Waals surface area contributed by atoms with Gasteiger partial charge < -0.3 is 72.2 Å². The largest absolute Gasteiger partial charge is 0.393 e. The molecule has 1 spiro atoms. The van der Waals surface area contributed by atoms with E-state index in [4.69, 9.17) is 68.9 Å². The predicted octanol–water partition coefficient (Wildman–Crippen LogP) is 11.0. The Balaban J connectivity index is 0.000000163. The van der Waals surface area contributed by atoms with Gasteiger partial charge in [-0.3, -0.25) is 0 Å². The fraction of sp³-hybridized carbons (Fsp3) is 0.900. The summed E-state index contributed by atoms with van der Waals surface area (Å²) in [6.45, 7) is 47.4. The fourth-order valence-corrected chi connectivity index (χ4v) is 13.7. The zero-order valence-corrected chi connectivity index (χ0v) is 47.3. The standard InChI is InChI=1S/C16H27NO2.C15H25NO3.C15H23NO3.C14H21NO3/c1-5-7-14-11-16(6-2)15(18-14)9-8-13(19-16)10-12(3)17-4;2*1-4-5-13-9-15(10-17)14(18-13)7-6-12(19-15)8-11(2)16-3;1-9(15-3)6-11-4-5-13-14(18-11)7-12(17-13)10(2)16-8-14/h12-15H,5-11H2,1-3H3;11-14,17H,4-10H2,1-2H3;4-5,11-14,17H,6-10H2,1-2H3;9-13H,4-8H2,1-2H3/b;;5-4+;/t12-,13-,14+,15+,16+;2*11-,12-,13+,14+,15-;9-,10+,11-,12-,13+,14-/m1111/s1. The second kappa shape index (κ2) is 28.4. The maximum Gasteiger partial charge on any atom is 0.223 e. The Bertz CT molecular complexity index is 1900.